The molecule has 0 aliphatic rings. The van der Waals surface area contributed by atoms with E-state index in [4.69, 9.17) is 0 Å². The van der Waals surface area contributed by atoms with Crippen molar-refractivity contribution >= 4 is 11.3 Å². The molecule has 1 aromatic heterocycles. The largest absolute Gasteiger partial charge is 0.304 e. The lowest BCUT2D eigenvalue weighted by atomic mass is 10.1. The molecule has 0 fully saturated rings. The molecule has 0 amide bonds. The molecule has 0 spiro atoms. The summed E-state index contributed by atoms with van der Waals surface area (Å²) in [5.74, 6) is -0.204. The fraction of sp³-hybridized carbons (Fsp3) is 0.400. The predicted octanol–water partition coefficient (Wildman–Crippen LogP) is 3.99. The second-order valence-corrected chi connectivity index (χ2v) is 5.87. The number of nitrogens with zero attached hydrogens (tertiary/aromatic N) is 1. The molecule has 0 radical (unpaired) electrons. The molecule has 2 aromatic rings. The van der Waals surface area contributed by atoms with Crippen LogP contribution in [0.4, 0.5) is 4.39 Å². The summed E-state index contributed by atoms with van der Waals surface area (Å²) >= 11 is 1.70. The Morgan fingerprint density at radius 3 is 2.47 bits per heavy atom. The van der Waals surface area contributed by atoms with E-state index in [0.717, 1.165) is 29.2 Å². The van der Waals surface area contributed by atoms with Gasteiger partial charge in [0.25, 0.3) is 0 Å². The van der Waals surface area contributed by atoms with Crippen LogP contribution in [0.25, 0.3) is 0 Å². The molecule has 1 aromatic carbocycles. The smallest absolute Gasteiger partial charge is 0.123 e. The number of nitrogens with one attached hydrogen (secondary N) is 1. The van der Waals surface area contributed by atoms with E-state index in [-0.39, 0.29) is 11.9 Å². The Morgan fingerprint density at radius 2 is 1.95 bits per heavy atom. The van der Waals surface area contributed by atoms with E-state index >= 15 is 0 Å². The molecule has 1 unspecified atom stereocenters. The Balaban J connectivity index is 2.32. The van der Waals surface area contributed by atoms with Crippen molar-refractivity contribution in [2.45, 2.75) is 33.2 Å². The van der Waals surface area contributed by atoms with Crippen LogP contribution in [0.2, 0.25) is 0 Å². The van der Waals surface area contributed by atoms with Gasteiger partial charge < -0.3 is 5.32 Å². The first kappa shape index (κ1) is 14.2. The summed E-state index contributed by atoms with van der Waals surface area (Å²) < 4.78 is 13.0. The van der Waals surface area contributed by atoms with Crippen LogP contribution in [-0.4, -0.2) is 11.5 Å². The molecule has 2 nitrogen and oxygen atoms in total. The average Bonchev–Trinajstić information content (AvgIpc) is 2.72. The SMILES string of the molecule is CCCNC(c1ccc(F)cc1)c1nc(C)c(C)s1. The normalized spacial score (nSPS) is 12.6. The van der Waals surface area contributed by atoms with Crippen molar-refractivity contribution in [1.29, 1.82) is 0 Å². The van der Waals surface area contributed by atoms with Gasteiger partial charge in [-0.25, -0.2) is 9.37 Å². The minimum atomic E-state index is -0.204. The lowest BCUT2D eigenvalue weighted by molar-refractivity contribution is 0.590. The number of thiazole rings is 1. The maximum atomic E-state index is 13.0. The van der Waals surface area contributed by atoms with E-state index in [1.807, 2.05) is 19.1 Å². The Labute approximate surface area is 117 Å². The number of hydrogen-bond donors (Lipinski definition) is 1. The van der Waals surface area contributed by atoms with Crippen LogP contribution in [0.3, 0.4) is 0 Å². The van der Waals surface area contributed by atoms with E-state index in [9.17, 15) is 4.39 Å². The van der Waals surface area contributed by atoms with Crippen molar-refractivity contribution in [3.63, 3.8) is 0 Å². The lowest BCUT2D eigenvalue weighted by Crippen LogP contribution is -2.23. The first-order chi connectivity index (χ1) is 9.11. The van der Waals surface area contributed by atoms with Crippen molar-refractivity contribution in [3.05, 3.63) is 51.2 Å². The zero-order chi connectivity index (χ0) is 13.8. The molecule has 2 rings (SSSR count). The number of halogens is 1. The third-order valence-corrected chi connectivity index (χ3v) is 4.23. The highest BCUT2D eigenvalue weighted by Gasteiger charge is 2.18. The number of benzene rings is 1. The number of aromatic nitrogens is 1. The van der Waals surface area contributed by atoms with Gasteiger partial charge in [-0.15, -0.1) is 11.3 Å². The summed E-state index contributed by atoms with van der Waals surface area (Å²) in [6, 6.07) is 6.72. The van der Waals surface area contributed by atoms with Gasteiger partial charge in [-0.2, -0.15) is 0 Å². The van der Waals surface area contributed by atoms with Gasteiger partial charge in [-0.05, 0) is 44.5 Å². The molecule has 0 aliphatic carbocycles. The second-order valence-electron chi connectivity index (χ2n) is 4.63. The maximum Gasteiger partial charge on any atom is 0.123 e. The van der Waals surface area contributed by atoms with Crippen LogP contribution < -0.4 is 5.32 Å². The minimum Gasteiger partial charge on any atom is -0.304 e. The average molecular weight is 278 g/mol. The van der Waals surface area contributed by atoms with Gasteiger partial charge >= 0.3 is 0 Å². The van der Waals surface area contributed by atoms with Crippen LogP contribution in [0.1, 0.15) is 40.5 Å². The summed E-state index contributed by atoms with van der Waals surface area (Å²) in [4.78, 5) is 5.86. The predicted molar refractivity (Wildman–Crippen MR) is 78.1 cm³/mol. The number of rotatable bonds is 5. The fourth-order valence-electron chi connectivity index (χ4n) is 1.91. The summed E-state index contributed by atoms with van der Waals surface area (Å²) in [6.07, 6.45) is 1.06. The molecular formula is C15H19FN2S. The molecule has 1 heterocycles. The Bertz CT molecular complexity index is 514. The van der Waals surface area contributed by atoms with E-state index in [2.05, 4.69) is 24.1 Å². The maximum absolute atomic E-state index is 13.0. The minimum absolute atomic E-state index is 0.0537. The van der Waals surface area contributed by atoms with Crippen LogP contribution in [0, 0.1) is 19.7 Å². The molecule has 19 heavy (non-hydrogen) atoms. The van der Waals surface area contributed by atoms with Crippen LogP contribution in [0.5, 0.6) is 0 Å². The molecule has 0 saturated heterocycles. The van der Waals surface area contributed by atoms with E-state index in [1.54, 1.807) is 11.3 Å². The van der Waals surface area contributed by atoms with Gasteiger partial charge in [0.15, 0.2) is 0 Å². The third-order valence-electron chi connectivity index (χ3n) is 3.09. The molecule has 0 bridgehead atoms. The van der Waals surface area contributed by atoms with Crippen molar-refractivity contribution in [1.82, 2.24) is 10.3 Å². The quantitative estimate of drug-likeness (QED) is 0.894. The summed E-state index contributed by atoms with van der Waals surface area (Å²) in [5, 5.41) is 4.54. The molecule has 0 aliphatic heterocycles. The highest BCUT2D eigenvalue weighted by atomic mass is 32.1. The number of hydrogen-bond acceptors (Lipinski definition) is 3. The molecular weight excluding hydrogens is 259 g/mol. The zero-order valence-electron chi connectivity index (χ0n) is 11.5. The Morgan fingerprint density at radius 1 is 1.26 bits per heavy atom. The molecule has 4 heteroatoms. The molecule has 1 atom stereocenters. The topological polar surface area (TPSA) is 24.9 Å². The Kier molecular flexibility index (Phi) is 4.66. The van der Waals surface area contributed by atoms with E-state index < -0.39 is 0 Å². The molecule has 102 valence electrons. The standard InChI is InChI=1S/C15H19FN2S/c1-4-9-17-14(12-5-7-13(16)8-6-12)15-18-10(2)11(3)19-15/h5-8,14,17H,4,9H2,1-3H3. The highest BCUT2D eigenvalue weighted by Crippen LogP contribution is 2.28. The van der Waals surface area contributed by atoms with Gasteiger partial charge in [-0.1, -0.05) is 19.1 Å². The molecule has 1 N–H and O–H groups in total. The van der Waals surface area contributed by atoms with Gasteiger partial charge in [0, 0.05) is 4.88 Å². The fourth-order valence-corrected chi connectivity index (χ4v) is 2.94. The van der Waals surface area contributed by atoms with E-state index in [1.165, 1.54) is 17.0 Å². The van der Waals surface area contributed by atoms with Crippen LogP contribution in [-0.2, 0) is 0 Å². The van der Waals surface area contributed by atoms with Gasteiger partial charge in [0.05, 0.1) is 11.7 Å². The van der Waals surface area contributed by atoms with E-state index in [0.29, 0.717) is 0 Å². The Hall–Kier alpha value is -1.26. The van der Waals surface area contributed by atoms with Crippen LogP contribution in [0.15, 0.2) is 24.3 Å². The monoisotopic (exact) mass is 278 g/mol. The third kappa shape index (κ3) is 3.39. The number of aryl methyl sites for hydroxylation is 2. The first-order valence-electron chi connectivity index (χ1n) is 6.54. The summed E-state index contributed by atoms with van der Waals surface area (Å²) in [7, 11) is 0. The van der Waals surface area contributed by atoms with Gasteiger partial charge in [0.1, 0.15) is 10.8 Å². The highest BCUT2D eigenvalue weighted by molar-refractivity contribution is 7.11. The van der Waals surface area contributed by atoms with Gasteiger partial charge in [-0.3, -0.25) is 0 Å². The van der Waals surface area contributed by atoms with Crippen LogP contribution >= 0.6 is 11.3 Å². The van der Waals surface area contributed by atoms with Crippen molar-refractivity contribution in [2.24, 2.45) is 0 Å². The van der Waals surface area contributed by atoms with Crippen molar-refractivity contribution in [3.8, 4) is 0 Å². The molecule has 0 saturated carbocycles. The van der Waals surface area contributed by atoms with Gasteiger partial charge in [0.2, 0.25) is 0 Å². The van der Waals surface area contributed by atoms with Crippen molar-refractivity contribution < 1.29 is 4.39 Å². The lowest BCUT2D eigenvalue weighted by Gasteiger charge is -2.16. The first-order valence-corrected chi connectivity index (χ1v) is 7.36. The second kappa shape index (κ2) is 6.26. The summed E-state index contributed by atoms with van der Waals surface area (Å²) in [5.41, 5.74) is 2.13. The zero-order valence-corrected chi connectivity index (χ0v) is 12.4. The van der Waals surface area contributed by atoms with Crippen molar-refractivity contribution in [2.75, 3.05) is 6.54 Å². The summed E-state index contributed by atoms with van der Waals surface area (Å²) in [6.45, 7) is 7.15.